The molecule has 0 saturated carbocycles. The van der Waals surface area contributed by atoms with Crippen LogP contribution in [0.15, 0.2) is 18.3 Å². The first-order valence-corrected chi connectivity index (χ1v) is 6.50. The summed E-state index contributed by atoms with van der Waals surface area (Å²) in [6.07, 6.45) is 3.92. The molecule has 1 saturated heterocycles. The summed E-state index contributed by atoms with van der Waals surface area (Å²) in [5, 5.41) is 8.91. The van der Waals surface area contributed by atoms with Crippen LogP contribution in [-0.4, -0.2) is 40.6 Å². The van der Waals surface area contributed by atoms with Crippen LogP contribution in [0, 0.1) is 12.8 Å². The van der Waals surface area contributed by atoms with Gasteiger partial charge in [0.1, 0.15) is 0 Å². The number of carbonyl (C=O) groups is 1. The zero-order valence-corrected chi connectivity index (χ0v) is 10.8. The van der Waals surface area contributed by atoms with Crippen molar-refractivity contribution in [1.82, 2.24) is 9.88 Å². The molecular formula is C14H20N2O2. The number of pyridine rings is 1. The molecule has 0 aliphatic carbocycles. The summed E-state index contributed by atoms with van der Waals surface area (Å²) >= 11 is 0. The van der Waals surface area contributed by atoms with Gasteiger partial charge >= 0.3 is 0 Å². The van der Waals surface area contributed by atoms with Crippen LogP contribution in [0.4, 0.5) is 0 Å². The second-order valence-electron chi connectivity index (χ2n) is 4.95. The lowest BCUT2D eigenvalue weighted by atomic mass is 10.1. The van der Waals surface area contributed by atoms with E-state index in [1.807, 2.05) is 24.0 Å². The smallest absolute Gasteiger partial charge is 0.228 e. The van der Waals surface area contributed by atoms with Crippen LogP contribution in [0.3, 0.4) is 0 Å². The monoisotopic (exact) mass is 248 g/mol. The number of hydrogen-bond acceptors (Lipinski definition) is 3. The van der Waals surface area contributed by atoms with Gasteiger partial charge < -0.3 is 10.0 Å². The highest BCUT2D eigenvalue weighted by atomic mass is 16.3. The lowest BCUT2D eigenvalue weighted by Gasteiger charge is -2.16. The molecule has 1 atom stereocenters. The van der Waals surface area contributed by atoms with Gasteiger partial charge in [0.05, 0.1) is 12.1 Å². The van der Waals surface area contributed by atoms with Crippen molar-refractivity contribution in [2.75, 3.05) is 19.7 Å². The lowest BCUT2D eigenvalue weighted by molar-refractivity contribution is -0.129. The molecule has 2 heterocycles. The highest BCUT2D eigenvalue weighted by molar-refractivity contribution is 5.78. The van der Waals surface area contributed by atoms with Crippen LogP contribution in [-0.2, 0) is 11.2 Å². The summed E-state index contributed by atoms with van der Waals surface area (Å²) in [5.74, 6) is 0.612. The molecule has 0 spiro atoms. The molecule has 1 amide bonds. The van der Waals surface area contributed by atoms with Gasteiger partial charge in [-0.25, -0.2) is 0 Å². The van der Waals surface area contributed by atoms with Crippen LogP contribution >= 0.6 is 0 Å². The summed E-state index contributed by atoms with van der Waals surface area (Å²) < 4.78 is 0. The molecule has 4 heteroatoms. The minimum atomic E-state index is 0.150. The van der Waals surface area contributed by atoms with Crippen molar-refractivity contribution in [3.05, 3.63) is 29.6 Å². The Morgan fingerprint density at radius 2 is 2.44 bits per heavy atom. The Labute approximate surface area is 108 Å². The summed E-state index contributed by atoms with van der Waals surface area (Å²) in [7, 11) is 0. The number of rotatable bonds is 4. The quantitative estimate of drug-likeness (QED) is 0.870. The molecule has 1 aromatic rings. The third-order valence-electron chi connectivity index (χ3n) is 3.61. The maximum Gasteiger partial charge on any atom is 0.228 e. The van der Waals surface area contributed by atoms with Crippen molar-refractivity contribution < 1.29 is 9.90 Å². The van der Waals surface area contributed by atoms with E-state index in [4.69, 9.17) is 5.11 Å². The Bertz CT molecular complexity index is 420. The van der Waals surface area contributed by atoms with Gasteiger partial charge in [-0.15, -0.1) is 0 Å². The average molecular weight is 248 g/mol. The number of hydrogen-bond donors (Lipinski definition) is 1. The molecule has 98 valence electrons. The highest BCUT2D eigenvalue weighted by Crippen LogP contribution is 2.20. The van der Waals surface area contributed by atoms with Crippen LogP contribution in [0.2, 0.25) is 0 Å². The van der Waals surface area contributed by atoms with E-state index in [2.05, 4.69) is 4.98 Å². The maximum absolute atomic E-state index is 12.1. The fourth-order valence-corrected chi connectivity index (χ4v) is 2.44. The molecule has 1 aromatic heterocycles. The zero-order chi connectivity index (χ0) is 13.0. The zero-order valence-electron chi connectivity index (χ0n) is 10.8. The number of carbonyl (C=O) groups excluding carboxylic acids is 1. The summed E-state index contributed by atoms with van der Waals surface area (Å²) in [5.41, 5.74) is 1.94. The van der Waals surface area contributed by atoms with Crippen LogP contribution in [0.1, 0.15) is 24.1 Å². The third kappa shape index (κ3) is 3.07. The topological polar surface area (TPSA) is 53.4 Å². The molecular weight excluding hydrogens is 228 g/mol. The normalized spacial score (nSPS) is 19.2. The summed E-state index contributed by atoms with van der Waals surface area (Å²) in [4.78, 5) is 18.3. The second-order valence-corrected chi connectivity index (χ2v) is 4.95. The molecule has 0 bridgehead atoms. The minimum Gasteiger partial charge on any atom is -0.396 e. The van der Waals surface area contributed by atoms with Gasteiger partial charge in [0, 0.05) is 25.9 Å². The molecule has 1 N–H and O–H groups in total. The van der Waals surface area contributed by atoms with Crippen molar-refractivity contribution in [2.45, 2.75) is 26.2 Å². The Balaban J connectivity index is 1.91. The van der Waals surface area contributed by atoms with Gasteiger partial charge in [0.15, 0.2) is 0 Å². The van der Waals surface area contributed by atoms with Crippen molar-refractivity contribution in [3.8, 4) is 0 Å². The molecule has 4 nitrogen and oxygen atoms in total. The lowest BCUT2D eigenvalue weighted by Crippen LogP contribution is -2.30. The molecule has 1 fully saturated rings. The van der Waals surface area contributed by atoms with Gasteiger partial charge in [-0.2, -0.15) is 0 Å². The molecule has 2 rings (SSSR count). The Kier molecular flexibility index (Phi) is 4.31. The van der Waals surface area contributed by atoms with Gasteiger partial charge in [-0.3, -0.25) is 9.78 Å². The van der Waals surface area contributed by atoms with E-state index in [9.17, 15) is 4.79 Å². The number of likely N-dealkylation sites (tertiary alicyclic amines) is 1. The second kappa shape index (κ2) is 5.96. The molecule has 1 aliphatic heterocycles. The van der Waals surface area contributed by atoms with Crippen molar-refractivity contribution in [1.29, 1.82) is 0 Å². The summed E-state index contributed by atoms with van der Waals surface area (Å²) in [6, 6.07) is 3.87. The van der Waals surface area contributed by atoms with E-state index in [1.54, 1.807) is 6.20 Å². The van der Waals surface area contributed by atoms with E-state index >= 15 is 0 Å². The van der Waals surface area contributed by atoms with Crippen molar-refractivity contribution >= 4 is 5.91 Å². The first kappa shape index (κ1) is 13.0. The predicted octanol–water partition coefficient (Wildman–Crippen LogP) is 1.16. The number of aromatic nitrogens is 1. The third-order valence-corrected chi connectivity index (χ3v) is 3.61. The SMILES string of the molecule is Cc1cccnc1CC(=O)N1CCC(CCO)C1. The maximum atomic E-state index is 12.1. The van der Waals surface area contributed by atoms with E-state index in [0.717, 1.165) is 37.2 Å². The van der Waals surface area contributed by atoms with Gasteiger partial charge in [0.2, 0.25) is 5.91 Å². The first-order valence-electron chi connectivity index (χ1n) is 6.50. The number of aliphatic hydroxyl groups excluding tert-OH is 1. The van der Waals surface area contributed by atoms with E-state index in [1.165, 1.54) is 0 Å². The first-order chi connectivity index (χ1) is 8.70. The molecule has 0 aromatic carbocycles. The van der Waals surface area contributed by atoms with Crippen molar-refractivity contribution in [2.24, 2.45) is 5.92 Å². The van der Waals surface area contributed by atoms with Crippen LogP contribution in [0.25, 0.3) is 0 Å². The molecule has 18 heavy (non-hydrogen) atoms. The largest absolute Gasteiger partial charge is 0.396 e. The number of aliphatic hydroxyl groups is 1. The highest BCUT2D eigenvalue weighted by Gasteiger charge is 2.26. The number of nitrogens with zero attached hydrogens (tertiary/aromatic N) is 2. The van der Waals surface area contributed by atoms with Crippen LogP contribution in [0.5, 0.6) is 0 Å². The Morgan fingerprint density at radius 1 is 1.61 bits per heavy atom. The number of amides is 1. The standard InChI is InChI=1S/C14H20N2O2/c1-11-3-2-6-15-13(11)9-14(18)16-7-4-12(10-16)5-8-17/h2-3,6,12,17H,4-5,7-10H2,1H3. The number of aryl methyl sites for hydroxylation is 1. The van der Waals surface area contributed by atoms with Crippen LogP contribution < -0.4 is 0 Å². The van der Waals surface area contributed by atoms with E-state index in [-0.39, 0.29) is 12.5 Å². The van der Waals surface area contributed by atoms with Gasteiger partial charge in [-0.05, 0) is 37.3 Å². The summed E-state index contributed by atoms with van der Waals surface area (Å²) in [6.45, 7) is 3.79. The predicted molar refractivity (Wildman–Crippen MR) is 69.1 cm³/mol. The fourth-order valence-electron chi connectivity index (χ4n) is 2.44. The van der Waals surface area contributed by atoms with Gasteiger partial charge in [0.25, 0.3) is 0 Å². The van der Waals surface area contributed by atoms with E-state index < -0.39 is 0 Å². The average Bonchev–Trinajstić information content (AvgIpc) is 2.81. The molecule has 1 aliphatic rings. The Hall–Kier alpha value is -1.42. The van der Waals surface area contributed by atoms with Crippen molar-refractivity contribution in [3.63, 3.8) is 0 Å². The Morgan fingerprint density at radius 3 is 3.17 bits per heavy atom. The van der Waals surface area contributed by atoms with Gasteiger partial charge in [-0.1, -0.05) is 6.07 Å². The minimum absolute atomic E-state index is 0.150. The molecule has 0 radical (unpaired) electrons. The fraction of sp³-hybridized carbons (Fsp3) is 0.571. The molecule has 1 unspecified atom stereocenters. The van der Waals surface area contributed by atoms with E-state index in [0.29, 0.717) is 12.3 Å².